The van der Waals surface area contributed by atoms with Gasteiger partial charge in [0.1, 0.15) is 5.75 Å². The summed E-state index contributed by atoms with van der Waals surface area (Å²) in [6.45, 7) is 0.597. The third-order valence-electron chi connectivity index (χ3n) is 2.73. The second kappa shape index (κ2) is 6.82. The fourth-order valence-corrected chi connectivity index (χ4v) is 3.02. The quantitative estimate of drug-likeness (QED) is 0.609. The summed E-state index contributed by atoms with van der Waals surface area (Å²) < 4.78 is 1.27. The molecule has 0 aliphatic heterocycles. The molecule has 0 heterocycles. The summed E-state index contributed by atoms with van der Waals surface area (Å²) >= 11 is 6.59. The van der Waals surface area contributed by atoms with Crippen LogP contribution in [-0.4, -0.2) is 11.1 Å². The van der Waals surface area contributed by atoms with Crippen LogP contribution in [0.5, 0.6) is 5.75 Å². The van der Waals surface area contributed by atoms with Crippen molar-refractivity contribution >= 4 is 49.3 Å². The zero-order valence-electron chi connectivity index (χ0n) is 10.9. The molecular formula is C14H13Br2N3O2. The van der Waals surface area contributed by atoms with E-state index in [0.29, 0.717) is 21.2 Å². The molecule has 0 aliphatic rings. The van der Waals surface area contributed by atoms with Crippen LogP contribution in [0.15, 0.2) is 45.3 Å². The number of urea groups is 1. The van der Waals surface area contributed by atoms with Crippen LogP contribution in [-0.2, 0) is 6.54 Å². The van der Waals surface area contributed by atoms with Crippen molar-refractivity contribution in [2.24, 2.45) is 5.73 Å². The molecule has 0 atom stereocenters. The third kappa shape index (κ3) is 4.37. The first-order valence-corrected chi connectivity index (χ1v) is 7.61. The monoisotopic (exact) mass is 413 g/mol. The van der Waals surface area contributed by atoms with E-state index in [0.717, 1.165) is 11.3 Å². The number of hydrogen-bond acceptors (Lipinski definition) is 3. The van der Waals surface area contributed by atoms with Crippen LogP contribution in [0, 0.1) is 0 Å². The van der Waals surface area contributed by atoms with E-state index in [2.05, 4.69) is 42.5 Å². The number of halogens is 2. The maximum absolute atomic E-state index is 10.7. The van der Waals surface area contributed by atoms with Gasteiger partial charge in [-0.25, -0.2) is 4.79 Å². The maximum Gasteiger partial charge on any atom is 0.316 e. The molecule has 0 saturated carbocycles. The summed E-state index contributed by atoms with van der Waals surface area (Å²) in [6.07, 6.45) is 0. The van der Waals surface area contributed by atoms with Gasteiger partial charge in [-0.1, -0.05) is 0 Å². The van der Waals surface area contributed by atoms with E-state index < -0.39 is 6.03 Å². The number of anilines is 2. The van der Waals surface area contributed by atoms with Gasteiger partial charge in [-0.05, 0) is 73.8 Å². The number of phenolic OH excluding ortho intramolecular Hbond substituents is 1. The number of hydrogen-bond donors (Lipinski definition) is 4. The van der Waals surface area contributed by atoms with Crippen molar-refractivity contribution in [3.05, 3.63) is 50.9 Å². The number of amides is 2. The molecule has 5 nitrogen and oxygen atoms in total. The van der Waals surface area contributed by atoms with Crippen molar-refractivity contribution in [2.75, 3.05) is 10.6 Å². The highest BCUT2D eigenvalue weighted by Crippen LogP contribution is 2.33. The van der Waals surface area contributed by atoms with Crippen LogP contribution in [0.25, 0.3) is 0 Å². The summed E-state index contributed by atoms with van der Waals surface area (Å²) in [7, 11) is 0. The van der Waals surface area contributed by atoms with Crippen molar-refractivity contribution in [1.82, 2.24) is 0 Å². The summed E-state index contributed by atoms with van der Waals surface area (Å²) in [5.41, 5.74) is 7.60. The Hall–Kier alpha value is -1.73. The molecule has 2 aromatic carbocycles. The van der Waals surface area contributed by atoms with Crippen LogP contribution >= 0.6 is 31.9 Å². The molecule has 0 aliphatic carbocycles. The Labute approximate surface area is 138 Å². The smallest absolute Gasteiger partial charge is 0.316 e. The van der Waals surface area contributed by atoms with Crippen molar-refractivity contribution in [2.45, 2.75) is 6.54 Å². The lowest BCUT2D eigenvalue weighted by Crippen LogP contribution is -2.19. The van der Waals surface area contributed by atoms with Crippen LogP contribution in [0.2, 0.25) is 0 Å². The molecule has 0 saturated heterocycles. The minimum absolute atomic E-state index is 0.181. The van der Waals surface area contributed by atoms with Crippen molar-refractivity contribution in [1.29, 1.82) is 0 Å². The van der Waals surface area contributed by atoms with Crippen LogP contribution in [0.3, 0.4) is 0 Å². The Balaban J connectivity index is 2.01. The van der Waals surface area contributed by atoms with Crippen molar-refractivity contribution in [3.63, 3.8) is 0 Å². The standard InChI is InChI=1S/C14H13Br2N3O2/c15-11-5-8(6-12(16)13(11)20)7-18-9-1-3-10(4-2-9)19-14(17)21/h1-6,18,20H,7H2,(H3,17,19,21). The van der Waals surface area contributed by atoms with Crippen molar-refractivity contribution in [3.8, 4) is 5.75 Å². The number of carbonyl (C=O) groups excluding carboxylic acids is 1. The molecular weight excluding hydrogens is 402 g/mol. The molecule has 0 bridgehead atoms. The zero-order chi connectivity index (χ0) is 15.4. The largest absolute Gasteiger partial charge is 0.506 e. The molecule has 0 aromatic heterocycles. The van der Waals surface area contributed by atoms with Gasteiger partial charge >= 0.3 is 6.03 Å². The first kappa shape index (κ1) is 15.7. The average molecular weight is 415 g/mol. The van der Waals surface area contributed by atoms with Gasteiger partial charge in [0.15, 0.2) is 0 Å². The minimum Gasteiger partial charge on any atom is -0.506 e. The first-order valence-electron chi connectivity index (χ1n) is 6.03. The Bertz CT molecular complexity index is 637. The summed E-state index contributed by atoms with van der Waals surface area (Å²) in [4.78, 5) is 10.7. The molecule has 0 radical (unpaired) electrons. The summed E-state index contributed by atoms with van der Waals surface area (Å²) in [5.74, 6) is 0.181. The van der Waals surface area contributed by atoms with Crippen molar-refractivity contribution < 1.29 is 9.90 Å². The molecule has 2 rings (SSSR count). The normalized spacial score (nSPS) is 10.2. The molecule has 0 spiro atoms. The molecule has 7 heteroatoms. The lowest BCUT2D eigenvalue weighted by Gasteiger charge is -2.10. The lowest BCUT2D eigenvalue weighted by atomic mass is 10.2. The highest BCUT2D eigenvalue weighted by molar-refractivity contribution is 9.11. The molecule has 0 unspecified atom stereocenters. The Morgan fingerprint density at radius 1 is 1.10 bits per heavy atom. The number of phenols is 1. The third-order valence-corrected chi connectivity index (χ3v) is 3.93. The number of nitrogens with two attached hydrogens (primary N) is 1. The number of rotatable bonds is 4. The fraction of sp³-hybridized carbons (Fsp3) is 0.0714. The minimum atomic E-state index is -0.588. The predicted molar refractivity (Wildman–Crippen MR) is 90.5 cm³/mol. The van der Waals surface area contributed by atoms with Gasteiger partial charge in [0.2, 0.25) is 0 Å². The molecule has 0 fully saturated rings. The van der Waals surface area contributed by atoms with E-state index >= 15 is 0 Å². The van der Waals surface area contributed by atoms with Gasteiger partial charge < -0.3 is 21.5 Å². The van der Waals surface area contributed by atoms with Crippen LogP contribution < -0.4 is 16.4 Å². The molecule has 5 N–H and O–H groups in total. The predicted octanol–water partition coefficient (Wildman–Crippen LogP) is 4.02. The SMILES string of the molecule is NC(=O)Nc1ccc(NCc2cc(Br)c(O)c(Br)c2)cc1. The van der Waals surface area contributed by atoms with Gasteiger partial charge in [0, 0.05) is 17.9 Å². The van der Waals surface area contributed by atoms with E-state index in [-0.39, 0.29) is 5.75 Å². The second-order valence-corrected chi connectivity index (χ2v) is 6.04. The van der Waals surface area contributed by atoms with E-state index in [1.165, 1.54) is 0 Å². The Morgan fingerprint density at radius 3 is 2.14 bits per heavy atom. The van der Waals surface area contributed by atoms with Crippen LogP contribution in [0.4, 0.5) is 16.2 Å². The van der Waals surface area contributed by atoms with E-state index in [1.54, 1.807) is 12.1 Å². The highest BCUT2D eigenvalue weighted by atomic mass is 79.9. The van der Waals surface area contributed by atoms with Gasteiger partial charge in [-0.3, -0.25) is 0 Å². The van der Waals surface area contributed by atoms with Gasteiger partial charge in [0.05, 0.1) is 8.95 Å². The summed E-state index contributed by atoms with van der Waals surface area (Å²) in [6, 6.07) is 10.3. The van der Waals surface area contributed by atoms with Gasteiger partial charge in [0.25, 0.3) is 0 Å². The van der Waals surface area contributed by atoms with E-state index in [1.807, 2.05) is 24.3 Å². The second-order valence-electron chi connectivity index (χ2n) is 4.33. The average Bonchev–Trinajstić information content (AvgIpc) is 2.43. The summed E-state index contributed by atoms with van der Waals surface area (Å²) in [5, 5.41) is 15.4. The van der Waals surface area contributed by atoms with Crippen LogP contribution in [0.1, 0.15) is 5.56 Å². The first-order chi connectivity index (χ1) is 9.95. The molecule has 2 aromatic rings. The van der Waals surface area contributed by atoms with Gasteiger partial charge in [-0.2, -0.15) is 0 Å². The van der Waals surface area contributed by atoms with E-state index in [4.69, 9.17) is 5.73 Å². The molecule has 110 valence electrons. The number of carbonyl (C=O) groups is 1. The topological polar surface area (TPSA) is 87.4 Å². The molecule has 21 heavy (non-hydrogen) atoms. The highest BCUT2D eigenvalue weighted by Gasteiger charge is 2.06. The van der Waals surface area contributed by atoms with Gasteiger partial charge in [-0.15, -0.1) is 0 Å². The number of aromatic hydroxyl groups is 1. The zero-order valence-corrected chi connectivity index (χ0v) is 14.0. The Kier molecular flexibility index (Phi) is 5.08. The Morgan fingerprint density at radius 2 is 1.62 bits per heavy atom. The number of primary amides is 1. The maximum atomic E-state index is 10.7. The number of nitrogens with one attached hydrogen (secondary N) is 2. The molecule has 2 amide bonds. The fourth-order valence-electron chi connectivity index (χ4n) is 1.74. The number of benzene rings is 2. The lowest BCUT2D eigenvalue weighted by molar-refractivity contribution is 0.259. The van der Waals surface area contributed by atoms with E-state index in [9.17, 15) is 9.90 Å².